The van der Waals surface area contributed by atoms with Crippen molar-refractivity contribution < 1.29 is 4.92 Å². The summed E-state index contributed by atoms with van der Waals surface area (Å²) in [7, 11) is 0. The van der Waals surface area contributed by atoms with Crippen molar-refractivity contribution in [3.8, 4) is 0 Å². The number of H-pyrrole nitrogens is 1. The molecule has 1 aliphatic heterocycles. The molecule has 1 aliphatic rings. The Morgan fingerprint density at radius 3 is 2.68 bits per heavy atom. The van der Waals surface area contributed by atoms with Crippen LogP contribution in [0.2, 0.25) is 0 Å². The Hall–Kier alpha value is -2.93. The van der Waals surface area contributed by atoms with Crippen molar-refractivity contribution in [2.75, 3.05) is 31.1 Å². The third-order valence-electron chi connectivity index (χ3n) is 4.74. The molecule has 1 N–H and O–H groups in total. The van der Waals surface area contributed by atoms with Crippen LogP contribution in [-0.2, 0) is 6.54 Å². The molecular weight excluding hydrogens is 318 g/mol. The first kappa shape index (κ1) is 15.6. The maximum absolute atomic E-state index is 11.3. The van der Waals surface area contributed by atoms with Gasteiger partial charge in [-0.3, -0.25) is 20.0 Å². The van der Waals surface area contributed by atoms with Gasteiger partial charge in [-0.1, -0.05) is 0 Å². The number of piperazine rings is 1. The predicted molar refractivity (Wildman–Crippen MR) is 96.7 cm³/mol. The highest BCUT2D eigenvalue weighted by molar-refractivity contribution is 5.99. The van der Waals surface area contributed by atoms with Crippen molar-refractivity contribution in [2.45, 2.75) is 6.54 Å². The summed E-state index contributed by atoms with van der Waals surface area (Å²) in [5.74, 6) is 0. The van der Waals surface area contributed by atoms with E-state index in [4.69, 9.17) is 0 Å². The molecule has 0 spiro atoms. The van der Waals surface area contributed by atoms with E-state index < -0.39 is 0 Å². The molecule has 1 aromatic carbocycles. The summed E-state index contributed by atoms with van der Waals surface area (Å²) in [6.07, 6.45) is 5.22. The molecule has 0 aliphatic carbocycles. The van der Waals surface area contributed by atoms with Crippen molar-refractivity contribution in [3.05, 3.63) is 64.7 Å². The quantitative estimate of drug-likeness (QED) is 0.585. The van der Waals surface area contributed by atoms with Gasteiger partial charge in [0.2, 0.25) is 0 Å². The lowest BCUT2D eigenvalue weighted by atomic mass is 10.1. The third-order valence-corrected chi connectivity index (χ3v) is 4.74. The van der Waals surface area contributed by atoms with Gasteiger partial charge in [0.25, 0.3) is 5.69 Å². The van der Waals surface area contributed by atoms with Crippen LogP contribution in [0.25, 0.3) is 10.8 Å². The van der Waals surface area contributed by atoms with Crippen molar-refractivity contribution in [1.82, 2.24) is 14.9 Å². The van der Waals surface area contributed by atoms with Gasteiger partial charge in [0, 0.05) is 74.1 Å². The number of aromatic nitrogens is 2. The average molecular weight is 337 g/mol. The van der Waals surface area contributed by atoms with E-state index in [-0.39, 0.29) is 10.6 Å². The fraction of sp³-hybridized carbons (Fsp3) is 0.278. The predicted octanol–water partition coefficient (Wildman–Crippen LogP) is 2.79. The van der Waals surface area contributed by atoms with E-state index in [0.29, 0.717) is 5.39 Å². The highest BCUT2D eigenvalue weighted by Gasteiger charge is 2.21. The molecule has 2 aromatic heterocycles. The number of fused-ring (bicyclic) bond motifs is 1. The Labute approximate surface area is 145 Å². The number of nitrogens with zero attached hydrogens (tertiary/aromatic N) is 4. The van der Waals surface area contributed by atoms with E-state index in [0.717, 1.165) is 43.8 Å². The number of non-ortho nitro benzene ring substituents is 1. The molecule has 0 saturated carbocycles. The van der Waals surface area contributed by atoms with E-state index >= 15 is 0 Å². The molecule has 3 heterocycles. The zero-order valence-corrected chi connectivity index (χ0v) is 13.8. The summed E-state index contributed by atoms with van der Waals surface area (Å²) in [5, 5.41) is 12.7. The van der Waals surface area contributed by atoms with Crippen molar-refractivity contribution in [2.24, 2.45) is 0 Å². The lowest BCUT2D eigenvalue weighted by Gasteiger charge is -2.36. The van der Waals surface area contributed by atoms with Crippen LogP contribution in [0.3, 0.4) is 0 Å². The summed E-state index contributed by atoms with van der Waals surface area (Å²) in [6, 6.07) is 9.43. The van der Waals surface area contributed by atoms with Gasteiger partial charge in [0.1, 0.15) is 0 Å². The van der Waals surface area contributed by atoms with Crippen molar-refractivity contribution in [3.63, 3.8) is 0 Å². The molecule has 7 nitrogen and oxygen atoms in total. The van der Waals surface area contributed by atoms with E-state index in [1.165, 1.54) is 5.69 Å². The van der Waals surface area contributed by atoms with Crippen LogP contribution >= 0.6 is 0 Å². The fourth-order valence-electron chi connectivity index (χ4n) is 3.45. The largest absolute Gasteiger partial charge is 0.368 e. The van der Waals surface area contributed by atoms with Gasteiger partial charge < -0.3 is 9.88 Å². The number of nitrogens with one attached hydrogen (secondary N) is 1. The van der Waals surface area contributed by atoms with E-state index in [1.54, 1.807) is 18.5 Å². The number of pyridine rings is 1. The minimum absolute atomic E-state index is 0.109. The topological polar surface area (TPSA) is 78.3 Å². The highest BCUT2D eigenvalue weighted by Crippen LogP contribution is 2.33. The Morgan fingerprint density at radius 1 is 1.12 bits per heavy atom. The number of nitro benzene ring substituents is 1. The maximum Gasteiger partial charge on any atom is 0.278 e. The molecule has 7 heteroatoms. The van der Waals surface area contributed by atoms with E-state index in [2.05, 4.69) is 25.8 Å². The standard InChI is InChI=1S/C18H19N5O2/c24-23(25)18-4-3-17(15-5-7-19-12-16(15)18)22-10-8-21(9-11-22)13-14-2-1-6-20-14/h1-7,12,20H,8-11,13H2. The number of aromatic amines is 1. The zero-order chi connectivity index (χ0) is 17.2. The Bertz CT molecular complexity index is 886. The monoisotopic (exact) mass is 337 g/mol. The molecular formula is C18H19N5O2. The van der Waals surface area contributed by atoms with Crippen molar-refractivity contribution in [1.29, 1.82) is 0 Å². The van der Waals surface area contributed by atoms with E-state index in [1.807, 2.05) is 24.4 Å². The lowest BCUT2D eigenvalue weighted by molar-refractivity contribution is -0.383. The Kier molecular flexibility index (Phi) is 4.07. The van der Waals surface area contributed by atoms with Gasteiger partial charge in [-0.25, -0.2) is 0 Å². The van der Waals surface area contributed by atoms with Gasteiger partial charge in [-0.05, 0) is 24.3 Å². The van der Waals surface area contributed by atoms with Gasteiger partial charge in [-0.15, -0.1) is 0 Å². The molecule has 0 amide bonds. The van der Waals surface area contributed by atoms with Crippen LogP contribution in [0, 0.1) is 10.1 Å². The highest BCUT2D eigenvalue weighted by atomic mass is 16.6. The van der Waals surface area contributed by atoms with Crippen LogP contribution < -0.4 is 4.90 Å². The molecule has 0 bridgehead atoms. The smallest absolute Gasteiger partial charge is 0.278 e. The second kappa shape index (κ2) is 6.52. The maximum atomic E-state index is 11.3. The second-order valence-electron chi connectivity index (χ2n) is 6.24. The summed E-state index contributed by atoms with van der Waals surface area (Å²) in [5.41, 5.74) is 2.38. The van der Waals surface area contributed by atoms with E-state index in [9.17, 15) is 10.1 Å². The van der Waals surface area contributed by atoms with Crippen LogP contribution in [0.5, 0.6) is 0 Å². The number of anilines is 1. The SMILES string of the molecule is O=[N+]([O-])c1ccc(N2CCN(Cc3ccc[nH]3)CC2)c2ccncc12. The van der Waals surface area contributed by atoms with Crippen LogP contribution in [-0.4, -0.2) is 46.0 Å². The molecule has 128 valence electrons. The minimum atomic E-state index is -0.345. The zero-order valence-electron chi connectivity index (χ0n) is 13.8. The number of rotatable bonds is 4. The number of hydrogen-bond donors (Lipinski definition) is 1. The van der Waals surface area contributed by atoms with Crippen LogP contribution in [0.15, 0.2) is 48.9 Å². The van der Waals surface area contributed by atoms with Crippen molar-refractivity contribution >= 4 is 22.1 Å². The summed E-state index contributed by atoms with van der Waals surface area (Å²) in [6.45, 7) is 4.64. The average Bonchev–Trinajstić information content (AvgIpc) is 3.14. The Morgan fingerprint density at radius 2 is 1.96 bits per heavy atom. The summed E-state index contributed by atoms with van der Waals surface area (Å²) >= 11 is 0. The van der Waals surface area contributed by atoms with Crippen LogP contribution in [0.4, 0.5) is 11.4 Å². The van der Waals surface area contributed by atoms with Crippen LogP contribution in [0.1, 0.15) is 5.69 Å². The van der Waals surface area contributed by atoms with Gasteiger partial charge in [-0.2, -0.15) is 0 Å². The summed E-state index contributed by atoms with van der Waals surface area (Å²) < 4.78 is 0. The number of hydrogen-bond acceptors (Lipinski definition) is 5. The fourth-order valence-corrected chi connectivity index (χ4v) is 3.45. The Balaban J connectivity index is 1.55. The first-order valence-electron chi connectivity index (χ1n) is 8.33. The summed E-state index contributed by atoms with van der Waals surface area (Å²) in [4.78, 5) is 22.9. The molecule has 1 saturated heterocycles. The first-order chi connectivity index (χ1) is 12.2. The molecule has 3 aromatic rings. The second-order valence-corrected chi connectivity index (χ2v) is 6.24. The molecule has 25 heavy (non-hydrogen) atoms. The lowest BCUT2D eigenvalue weighted by Crippen LogP contribution is -2.46. The van der Waals surface area contributed by atoms with Gasteiger partial charge >= 0.3 is 0 Å². The molecule has 0 atom stereocenters. The third kappa shape index (κ3) is 3.06. The molecule has 4 rings (SSSR count). The van der Waals surface area contributed by atoms with Gasteiger partial charge in [0.15, 0.2) is 0 Å². The normalized spacial score (nSPS) is 15.6. The number of benzene rings is 1. The molecule has 0 unspecified atom stereocenters. The minimum Gasteiger partial charge on any atom is -0.368 e. The number of nitro groups is 1. The molecule has 0 radical (unpaired) electrons. The van der Waals surface area contributed by atoms with Gasteiger partial charge in [0.05, 0.1) is 10.3 Å². The molecule has 1 fully saturated rings. The first-order valence-corrected chi connectivity index (χ1v) is 8.33.